The Kier molecular flexibility index (Phi) is 6.09. The van der Waals surface area contributed by atoms with Crippen molar-refractivity contribution in [3.05, 3.63) is 0 Å². The minimum atomic E-state index is 0.319. The van der Waals surface area contributed by atoms with Gasteiger partial charge in [-0.05, 0) is 19.2 Å². The zero-order chi connectivity index (χ0) is 7.11. The highest BCUT2D eigenvalue weighted by atomic mass is 32.1. The summed E-state index contributed by atoms with van der Waals surface area (Å²) in [5.74, 6) is 0.833. The zero-order valence-electron chi connectivity index (χ0n) is 5.63. The van der Waals surface area contributed by atoms with Gasteiger partial charge in [0.05, 0.1) is 0 Å². The lowest BCUT2D eigenvalue weighted by Gasteiger charge is -2.09. The van der Waals surface area contributed by atoms with E-state index in [1.165, 1.54) is 0 Å². The Hall–Kier alpha value is -0.0200. The molecule has 0 rings (SSSR count). The molecule has 0 radical (unpaired) electrons. The highest BCUT2D eigenvalue weighted by molar-refractivity contribution is 7.80. The lowest BCUT2D eigenvalue weighted by Crippen LogP contribution is -2.25. The number of rotatable bonds is 5. The van der Waals surface area contributed by atoms with Crippen LogP contribution in [0.5, 0.6) is 0 Å². The molecule has 1 unspecified atom stereocenters. The summed E-state index contributed by atoms with van der Waals surface area (Å²) in [5.41, 5.74) is 0. The maximum atomic E-state index is 9.98. The molecule has 9 heavy (non-hydrogen) atoms. The van der Waals surface area contributed by atoms with Crippen LogP contribution in [0.25, 0.3) is 0 Å². The van der Waals surface area contributed by atoms with Crippen LogP contribution in [0, 0.1) is 0 Å². The fraction of sp³-hybridized carbons (Fsp3) is 0.833. The van der Waals surface area contributed by atoms with Crippen molar-refractivity contribution < 1.29 is 4.79 Å². The number of carbonyl (C=O) groups excluding carboxylic acids is 1. The Morgan fingerprint density at radius 3 is 2.78 bits per heavy atom. The molecule has 0 aromatic carbocycles. The molecule has 0 aliphatic carbocycles. The van der Waals surface area contributed by atoms with Gasteiger partial charge in [0.1, 0.15) is 6.29 Å². The highest BCUT2D eigenvalue weighted by Crippen LogP contribution is 1.95. The largest absolute Gasteiger partial charge is 0.317 e. The van der Waals surface area contributed by atoms with Gasteiger partial charge in [-0.2, -0.15) is 12.6 Å². The van der Waals surface area contributed by atoms with E-state index in [0.29, 0.717) is 12.5 Å². The number of thiol groups is 1. The number of hydrogen-bond donors (Lipinski definition) is 2. The van der Waals surface area contributed by atoms with Crippen LogP contribution >= 0.6 is 12.6 Å². The van der Waals surface area contributed by atoms with Crippen molar-refractivity contribution in [2.45, 2.75) is 18.9 Å². The normalized spacial score (nSPS) is 13.1. The molecule has 0 saturated carbocycles. The van der Waals surface area contributed by atoms with Crippen molar-refractivity contribution in [3.63, 3.8) is 0 Å². The average molecular weight is 147 g/mol. The Morgan fingerprint density at radius 1 is 1.78 bits per heavy atom. The van der Waals surface area contributed by atoms with Gasteiger partial charge in [0, 0.05) is 12.5 Å². The monoisotopic (exact) mass is 147 g/mol. The van der Waals surface area contributed by atoms with Crippen molar-refractivity contribution in [1.29, 1.82) is 0 Å². The highest BCUT2D eigenvalue weighted by Gasteiger charge is 2.01. The molecule has 3 heteroatoms. The number of hydrogen-bond acceptors (Lipinski definition) is 3. The molecule has 0 bridgehead atoms. The van der Waals surface area contributed by atoms with Crippen molar-refractivity contribution in [2.75, 3.05) is 12.8 Å². The van der Waals surface area contributed by atoms with Crippen LogP contribution in [-0.2, 0) is 4.79 Å². The Morgan fingerprint density at radius 2 is 2.44 bits per heavy atom. The third kappa shape index (κ3) is 4.48. The maximum absolute atomic E-state index is 9.98. The van der Waals surface area contributed by atoms with Crippen molar-refractivity contribution in [3.8, 4) is 0 Å². The van der Waals surface area contributed by atoms with Gasteiger partial charge in [0.25, 0.3) is 0 Å². The summed E-state index contributed by atoms with van der Waals surface area (Å²) in [5, 5.41) is 3.02. The van der Waals surface area contributed by atoms with E-state index in [2.05, 4.69) is 17.9 Å². The van der Waals surface area contributed by atoms with Crippen LogP contribution in [-0.4, -0.2) is 25.1 Å². The fourth-order valence-electron chi connectivity index (χ4n) is 0.652. The summed E-state index contributed by atoms with van der Waals surface area (Å²) < 4.78 is 0. The fourth-order valence-corrected chi connectivity index (χ4v) is 0.964. The molecular formula is C6H13NOS. The first-order chi connectivity index (χ1) is 4.35. The maximum Gasteiger partial charge on any atom is 0.121 e. The van der Waals surface area contributed by atoms with E-state index in [-0.39, 0.29) is 0 Å². The predicted molar refractivity (Wildman–Crippen MR) is 42.0 cm³/mol. The molecule has 0 heterocycles. The van der Waals surface area contributed by atoms with Crippen LogP contribution in [0.4, 0.5) is 0 Å². The smallest absolute Gasteiger partial charge is 0.121 e. The first-order valence-corrected chi connectivity index (χ1v) is 3.70. The predicted octanol–water partition coefficient (Wildman–Crippen LogP) is 0.483. The Balaban J connectivity index is 3.28. The molecule has 54 valence electrons. The number of carbonyl (C=O) groups is 1. The van der Waals surface area contributed by atoms with E-state index < -0.39 is 0 Å². The van der Waals surface area contributed by atoms with Gasteiger partial charge in [0.2, 0.25) is 0 Å². The van der Waals surface area contributed by atoms with E-state index in [9.17, 15) is 4.79 Å². The molecule has 0 spiro atoms. The summed E-state index contributed by atoms with van der Waals surface area (Å²) in [6, 6.07) is 0.319. The standard InChI is InChI=1S/C6H13NOS/c1-7-6(2-4-8)3-5-9/h4,6-7,9H,2-3,5H2,1H3. The third-order valence-electron chi connectivity index (χ3n) is 1.27. The van der Waals surface area contributed by atoms with E-state index in [4.69, 9.17) is 0 Å². The van der Waals surface area contributed by atoms with Gasteiger partial charge in [-0.3, -0.25) is 0 Å². The first kappa shape index (κ1) is 8.98. The number of nitrogens with one attached hydrogen (secondary N) is 1. The molecule has 0 aliphatic rings. The van der Waals surface area contributed by atoms with Crippen LogP contribution in [0.3, 0.4) is 0 Å². The summed E-state index contributed by atoms with van der Waals surface area (Å²) in [7, 11) is 1.86. The third-order valence-corrected chi connectivity index (χ3v) is 1.52. The Labute approximate surface area is 61.4 Å². The molecular weight excluding hydrogens is 134 g/mol. The lowest BCUT2D eigenvalue weighted by atomic mass is 10.2. The first-order valence-electron chi connectivity index (χ1n) is 3.07. The molecule has 0 aromatic rings. The molecule has 0 amide bonds. The van der Waals surface area contributed by atoms with Gasteiger partial charge >= 0.3 is 0 Å². The topological polar surface area (TPSA) is 29.1 Å². The Bertz CT molecular complexity index is 77.5. The summed E-state index contributed by atoms with van der Waals surface area (Å²) in [6.45, 7) is 0. The van der Waals surface area contributed by atoms with Crippen LogP contribution in [0.2, 0.25) is 0 Å². The molecule has 0 aliphatic heterocycles. The van der Waals surface area contributed by atoms with E-state index in [1.807, 2.05) is 7.05 Å². The minimum Gasteiger partial charge on any atom is -0.317 e. The molecule has 2 nitrogen and oxygen atoms in total. The van der Waals surface area contributed by atoms with Gasteiger partial charge in [0.15, 0.2) is 0 Å². The van der Waals surface area contributed by atoms with Crippen molar-refractivity contribution in [1.82, 2.24) is 5.32 Å². The van der Waals surface area contributed by atoms with Gasteiger partial charge in [-0.15, -0.1) is 0 Å². The summed E-state index contributed by atoms with van der Waals surface area (Å²) in [4.78, 5) is 9.98. The SMILES string of the molecule is CNC(CC=O)CCS. The average Bonchev–Trinajstić information content (AvgIpc) is 1.88. The van der Waals surface area contributed by atoms with E-state index in [1.54, 1.807) is 0 Å². The number of aldehydes is 1. The zero-order valence-corrected chi connectivity index (χ0v) is 6.53. The molecule has 0 fully saturated rings. The van der Waals surface area contributed by atoms with E-state index in [0.717, 1.165) is 18.5 Å². The summed E-state index contributed by atoms with van der Waals surface area (Å²) >= 11 is 4.05. The lowest BCUT2D eigenvalue weighted by molar-refractivity contribution is -0.108. The molecule has 1 atom stereocenters. The van der Waals surface area contributed by atoms with Crippen molar-refractivity contribution >= 4 is 18.9 Å². The second-order valence-electron chi connectivity index (χ2n) is 1.90. The summed E-state index contributed by atoms with van der Waals surface area (Å²) in [6.07, 6.45) is 2.49. The quantitative estimate of drug-likeness (QED) is 0.437. The second kappa shape index (κ2) is 6.11. The minimum absolute atomic E-state index is 0.319. The molecule has 0 aromatic heterocycles. The van der Waals surface area contributed by atoms with E-state index >= 15 is 0 Å². The van der Waals surface area contributed by atoms with Gasteiger partial charge < -0.3 is 10.1 Å². The van der Waals surface area contributed by atoms with Gasteiger partial charge in [-0.25, -0.2) is 0 Å². The van der Waals surface area contributed by atoms with Crippen LogP contribution < -0.4 is 5.32 Å². The van der Waals surface area contributed by atoms with Crippen LogP contribution in [0.1, 0.15) is 12.8 Å². The van der Waals surface area contributed by atoms with Gasteiger partial charge in [-0.1, -0.05) is 0 Å². The second-order valence-corrected chi connectivity index (χ2v) is 2.35. The van der Waals surface area contributed by atoms with Crippen molar-refractivity contribution in [2.24, 2.45) is 0 Å². The van der Waals surface area contributed by atoms with Crippen LogP contribution in [0.15, 0.2) is 0 Å². The molecule has 1 N–H and O–H groups in total. The molecule has 0 saturated heterocycles.